The molecule has 0 aromatic heterocycles. The van der Waals surface area contributed by atoms with Crippen LogP contribution in [0.15, 0.2) is 0 Å². The van der Waals surface area contributed by atoms with E-state index in [4.69, 9.17) is 9.47 Å². The van der Waals surface area contributed by atoms with E-state index in [1.807, 2.05) is 0 Å². The van der Waals surface area contributed by atoms with Crippen LogP contribution < -0.4 is 0 Å². The third-order valence-electron chi connectivity index (χ3n) is 2.84. The summed E-state index contributed by atoms with van der Waals surface area (Å²) in [5, 5.41) is 0. The van der Waals surface area contributed by atoms with Crippen molar-refractivity contribution < 1.29 is 9.47 Å². The molecule has 12 heavy (non-hydrogen) atoms. The highest BCUT2D eigenvalue weighted by atomic mass is 16.6. The van der Waals surface area contributed by atoms with Gasteiger partial charge in [0.15, 0.2) is 0 Å². The topological polar surface area (TPSA) is 21.7 Å². The van der Waals surface area contributed by atoms with E-state index in [1.165, 1.54) is 0 Å². The lowest BCUT2D eigenvalue weighted by Gasteiger charge is -2.38. The standard InChI is InChI=1S/C9H17NO2/c1-2-10-4-6-12-9(7-10)3-5-11-8-9/h2-8H2,1H3. The Kier molecular flexibility index (Phi) is 2.35. The molecule has 2 rings (SSSR count). The van der Waals surface area contributed by atoms with Crippen molar-refractivity contribution in [2.75, 3.05) is 39.5 Å². The maximum atomic E-state index is 5.79. The first-order valence-corrected chi connectivity index (χ1v) is 4.79. The van der Waals surface area contributed by atoms with Crippen LogP contribution in [0.2, 0.25) is 0 Å². The van der Waals surface area contributed by atoms with Gasteiger partial charge in [-0.1, -0.05) is 6.92 Å². The molecule has 1 spiro atoms. The van der Waals surface area contributed by atoms with Crippen LogP contribution in [0.1, 0.15) is 13.3 Å². The Labute approximate surface area is 73.6 Å². The number of likely N-dealkylation sites (N-methyl/N-ethyl adjacent to an activating group) is 1. The zero-order chi connectivity index (χ0) is 8.44. The number of nitrogens with zero attached hydrogens (tertiary/aromatic N) is 1. The number of rotatable bonds is 1. The highest BCUT2D eigenvalue weighted by molar-refractivity contribution is 4.90. The molecule has 0 amide bonds. The lowest BCUT2D eigenvalue weighted by atomic mass is 10.0. The zero-order valence-electron chi connectivity index (χ0n) is 7.71. The summed E-state index contributed by atoms with van der Waals surface area (Å²) in [6.45, 7) is 8.01. The quantitative estimate of drug-likeness (QED) is 0.573. The van der Waals surface area contributed by atoms with Crippen LogP contribution in [0.5, 0.6) is 0 Å². The number of morpholine rings is 1. The fourth-order valence-corrected chi connectivity index (χ4v) is 2.02. The summed E-state index contributed by atoms with van der Waals surface area (Å²) in [6, 6.07) is 0. The van der Waals surface area contributed by atoms with Crippen molar-refractivity contribution in [2.24, 2.45) is 0 Å². The molecule has 3 heteroatoms. The smallest absolute Gasteiger partial charge is 0.106 e. The van der Waals surface area contributed by atoms with E-state index in [2.05, 4.69) is 11.8 Å². The number of hydrogen-bond acceptors (Lipinski definition) is 3. The maximum Gasteiger partial charge on any atom is 0.106 e. The Balaban J connectivity index is 1.97. The molecule has 2 saturated heterocycles. The lowest BCUT2D eigenvalue weighted by molar-refractivity contribution is -0.108. The highest BCUT2D eigenvalue weighted by Crippen LogP contribution is 2.26. The number of ether oxygens (including phenoxy) is 2. The van der Waals surface area contributed by atoms with Gasteiger partial charge < -0.3 is 9.47 Å². The molecular weight excluding hydrogens is 154 g/mol. The van der Waals surface area contributed by atoms with E-state index in [9.17, 15) is 0 Å². The third kappa shape index (κ3) is 1.49. The first-order chi connectivity index (χ1) is 5.85. The first-order valence-electron chi connectivity index (χ1n) is 4.79. The Morgan fingerprint density at radius 2 is 2.33 bits per heavy atom. The Bertz CT molecular complexity index is 155. The predicted molar refractivity (Wildman–Crippen MR) is 46.2 cm³/mol. The second kappa shape index (κ2) is 3.32. The Hall–Kier alpha value is -0.120. The van der Waals surface area contributed by atoms with E-state index in [0.29, 0.717) is 0 Å². The van der Waals surface area contributed by atoms with E-state index in [0.717, 1.165) is 45.9 Å². The van der Waals surface area contributed by atoms with Gasteiger partial charge in [0.25, 0.3) is 0 Å². The van der Waals surface area contributed by atoms with E-state index >= 15 is 0 Å². The van der Waals surface area contributed by atoms with Gasteiger partial charge in [-0.25, -0.2) is 0 Å². The van der Waals surface area contributed by atoms with Crippen LogP contribution >= 0.6 is 0 Å². The van der Waals surface area contributed by atoms with Crippen LogP contribution in [0.3, 0.4) is 0 Å². The highest BCUT2D eigenvalue weighted by Gasteiger charge is 2.39. The van der Waals surface area contributed by atoms with Crippen LogP contribution in [-0.2, 0) is 9.47 Å². The molecule has 0 radical (unpaired) electrons. The summed E-state index contributed by atoms with van der Waals surface area (Å²) in [5.74, 6) is 0. The molecule has 2 aliphatic rings. The molecule has 2 fully saturated rings. The Morgan fingerprint density at radius 1 is 1.42 bits per heavy atom. The second-order valence-corrected chi connectivity index (χ2v) is 3.70. The molecule has 70 valence electrons. The molecular formula is C9H17NO2. The van der Waals surface area contributed by atoms with Crippen molar-refractivity contribution in [1.82, 2.24) is 4.90 Å². The molecule has 2 heterocycles. The van der Waals surface area contributed by atoms with Gasteiger partial charge in [0.2, 0.25) is 0 Å². The van der Waals surface area contributed by atoms with E-state index in [-0.39, 0.29) is 5.60 Å². The fraction of sp³-hybridized carbons (Fsp3) is 1.00. The van der Waals surface area contributed by atoms with Gasteiger partial charge in [0.1, 0.15) is 5.60 Å². The predicted octanol–water partition coefficient (Wildman–Crippen LogP) is 0.498. The average Bonchev–Trinajstić information content (AvgIpc) is 2.53. The van der Waals surface area contributed by atoms with Crippen LogP contribution in [0.4, 0.5) is 0 Å². The summed E-state index contributed by atoms with van der Waals surface area (Å²) in [6.07, 6.45) is 1.07. The van der Waals surface area contributed by atoms with E-state index < -0.39 is 0 Å². The summed E-state index contributed by atoms with van der Waals surface area (Å²) in [5.41, 5.74) is 0.0499. The summed E-state index contributed by atoms with van der Waals surface area (Å²) < 4.78 is 11.2. The molecule has 0 bridgehead atoms. The second-order valence-electron chi connectivity index (χ2n) is 3.70. The SMILES string of the molecule is CCN1CCOC2(CCOC2)C1. The normalized spacial score (nSPS) is 37.8. The van der Waals surface area contributed by atoms with Gasteiger partial charge in [-0.05, 0) is 6.54 Å². The molecule has 2 aliphatic heterocycles. The third-order valence-corrected chi connectivity index (χ3v) is 2.84. The van der Waals surface area contributed by atoms with Gasteiger partial charge in [-0.3, -0.25) is 4.90 Å². The molecule has 0 aliphatic carbocycles. The van der Waals surface area contributed by atoms with E-state index in [1.54, 1.807) is 0 Å². The van der Waals surface area contributed by atoms with Gasteiger partial charge in [0, 0.05) is 26.1 Å². The maximum absolute atomic E-state index is 5.79. The molecule has 1 unspecified atom stereocenters. The van der Waals surface area contributed by atoms with Crippen molar-refractivity contribution >= 4 is 0 Å². The van der Waals surface area contributed by atoms with Crippen LogP contribution in [0, 0.1) is 0 Å². The lowest BCUT2D eigenvalue weighted by Crippen LogP contribution is -2.52. The molecule has 3 nitrogen and oxygen atoms in total. The van der Waals surface area contributed by atoms with Gasteiger partial charge in [-0.15, -0.1) is 0 Å². The fourth-order valence-electron chi connectivity index (χ4n) is 2.02. The summed E-state index contributed by atoms with van der Waals surface area (Å²) in [4.78, 5) is 2.44. The van der Waals surface area contributed by atoms with Crippen LogP contribution in [-0.4, -0.2) is 50.0 Å². The Morgan fingerprint density at radius 3 is 3.00 bits per heavy atom. The zero-order valence-corrected chi connectivity index (χ0v) is 7.71. The molecule has 0 aromatic carbocycles. The van der Waals surface area contributed by atoms with Crippen molar-refractivity contribution in [3.8, 4) is 0 Å². The number of hydrogen-bond donors (Lipinski definition) is 0. The minimum Gasteiger partial charge on any atom is -0.378 e. The van der Waals surface area contributed by atoms with Gasteiger partial charge >= 0.3 is 0 Å². The largest absolute Gasteiger partial charge is 0.378 e. The van der Waals surface area contributed by atoms with Crippen molar-refractivity contribution in [2.45, 2.75) is 18.9 Å². The van der Waals surface area contributed by atoms with Crippen molar-refractivity contribution in [3.05, 3.63) is 0 Å². The summed E-state index contributed by atoms with van der Waals surface area (Å²) in [7, 11) is 0. The monoisotopic (exact) mass is 171 g/mol. The average molecular weight is 171 g/mol. The van der Waals surface area contributed by atoms with Crippen molar-refractivity contribution in [3.63, 3.8) is 0 Å². The first kappa shape index (κ1) is 8.48. The van der Waals surface area contributed by atoms with Crippen molar-refractivity contribution in [1.29, 1.82) is 0 Å². The molecule has 0 N–H and O–H groups in total. The van der Waals surface area contributed by atoms with Crippen LogP contribution in [0.25, 0.3) is 0 Å². The molecule has 0 aromatic rings. The van der Waals surface area contributed by atoms with Gasteiger partial charge in [-0.2, -0.15) is 0 Å². The molecule has 1 atom stereocenters. The minimum absolute atomic E-state index is 0.0499. The van der Waals surface area contributed by atoms with Gasteiger partial charge in [0.05, 0.1) is 13.2 Å². The molecule has 0 saturated carbocycles. The minimum atomic E-state index is 0.0499. The summed E-state index contributed by atoms with van der Waals surface area (Å²) >= 11 is 0.